The third kappa shape index (κ3) is 4.54. The van der Waals surface area contributed by atoms with Crippen LogP contribution < -0.4 is 15.5 Å². The van der Waals surface area contributed by atoms with Crippen LogP contribution >= 0.6 is 0 Å². The van der Waals surface area contributed by atoms with Crippen molar-refractivity contribution < 1.29 is 4.79 Å². The number of amides is 1. The zero-order chi connectivity index (χ0) is 20.2. The molecule has 3 aromatic rings. The van der Waals surface area contributed by atoms with Gasteiger partial charge in [0.1, 0.15) is 17.3 Å². The molecule has 4 rings (SSSR count). The molecule has 2 aromatic carbocycles. The average Bonchev–Trinajstić information content (AvgIpc) is 3.25. The second-order valence-corrected chi connectivity index (χ2v) is 7.32. The summed E-state index contributed by atoms with van der Waals surface area (Å²) in [6, 6.07) is 17.7. The normalized spacial score (nSPS) is 13.4. The quantitative estimate of drug-likeness (QED) is 0.665. The fourth-order valence-corrected chi connectivity index (χ4v) is 3.53. The Morgan fingerprint density at radius 2 is 1.69 bits per heavy atom. The third-order valence-electron chi connectivity index (χ3n) is 5.07. The fourth-order valence-electron chi connectivity index (χ4n) is 3.53. The van der Waals surface area contributed by atoms with Crippen molar-refractivity contribution in [2.75, 3.05) is 28.6 Å². The summed E-state index contributed by atoms with van der Waals surface area (Å²) >= 11 is 0. The van der Waals surface area contributed by atoms with E-state index >= 15 is 0 Å². The summed E-state index contributed by atoms with van der Waals surface area (Å²) in [5.41, 5.74) is 4.28. The highest BCUT2D eigenvalue weighted by Crippen LogP contribution is 2.24. The van der Waals surface area contributed by atoms with Crippen LogP contribution in [0.15, 0.2) is 54.6 Å². The van der Waals surface area contributed by atoms with E-state index in [0.717, 1.165) is 30.0 Å². The molecule has 1 aromatic heterocycles. The van der Waals surface area contributed by atoms with Crippen molar-refractivity contribution in [3.8, 4) is 0 Å². The molecule has 1 aliphatic heterocycles. The van der Waals surface area contributed by atoms with Gasteiger partial charge in [-0.2, -0.15) is 0 Å². The topological polar surface area (TPSA) is 70.2 Å². The Morgan fingerprint density at radius 1 is 0.966 bits per heavy atom. The van der Waals surface area contributed by atoms with Crippen LogP contribution in [0.4, 0.5) is 22.9 Å². The zero-order valence-electron chi connectivity index (χ0n) is 16.8. The molecule has 0 unspecified atom stereocenters. The van der Waals surface area contributed by atoms with E-state index in [0.29, 0.717) is 17.3 Å². The lowest BCUT2D eigenvalue weighted by atomic mass is 10.2. The summed E-state index contributed by atoms with van der Waals surface area (Å²) < 4.78 is 0. The van der Waals surface area contributed by atoms with E-state index in [1.165, 1.54) is 18.5 Å². The maximum Gasteiger partial charge on any atom is 0.274 e. The predicted molar refractivity (Wildman–Crippen MR) is 117 cm³/mol. The second kappa shape index (κ2) is 8.31. The van der Waals surface area contributed by atoms with Crippen molar-refractivity contribution in [2.45, 2.75) is 26.7 Å². The number of aromatic nitrogens is 2. The van der Waals surface area contributed by atoms with E-state index < -0.39 is 0 Å². The number of aryl methyl sites for hydroxylation is 2. The molecule has 2 N–H and O–H groups in total. The Bertz CT molecular complexity index is 1010. The Morgan fingerprint density at radius 3 is 2.41 bits per heavy atom. The summed E-state index contributed by atoms with van der Waals surface area (Å²) in [4.78, 5) is 23.8. The standard InChI is InChI=1S/C23H25N5O/c1-16-7-3-4-8-20(16)27-23(29)21-15-22(25-17(2)24-21)26-18-9-11-19(12-10-18)28-13-5-6-14-28/h3-4,7-12,15H,5-6,13-14H2,1-2H3,(H,27,29)(H,24,25,26). The number of para-hydroxylation sites is 1. The lowest BCUT2D eigenvalue weighted by Crippen LogP contribution is -2.17. The molecule has 1 aliphatic rings. The molecule has 2 heterocycles. The third-order valence-corrected chi connectivity index (χ3v) is 5.07. The Balaban J connectivity index is 1.49. The number of rotatable bonds is 5. The van der Waals surface area contributed by atoms with Crippen molar-refractivity contribution in [1.82, 2.24) is 9.97 Å². The highest BCUT2D eigenvalue weighted by atomic mass is 16.1. The summed E-state index contributed by atoms with van der Waals surface area (Å²) in [6.45, 7) is 5.99. The van der Waals surface area contributed by atoms with Gasteiger partial charge in [0, 0.05) is 36.2 Å². The van der Waals surface area contributed by atoms with Gasteiger partial charge < -0.3 is 15.5 Å². The Hall–Kier alpha value is -3.41. The molecule has 6 nitrogen and oxygen atoms in total. The molecule has 1 fully saturated rings. The van der Waals surface area contributed by atoms with Crippen molar-refractivity contribution in [2.24, 2.45) is 0 Å². The predicted octanol–water partition coefficient (Wildman–Crippen LogP) is 4.69. The highest BCUT2D eigenvalue weighted by Gasteiger charge is 2.14. The van der Waals surface area contributed by atoms with Gasteiger partial charge >= 0.3 is 0 Å². The second-order valence-electron chi connectivity index (χ2n) is 7.32. The van der Waals surface area contributed by atoms with E-state index in [1.807, 2.05) is 43.3 Å². The van der Waals surface area contributed by atoms with Gasteiger partial charge in [0.25, 0.3) is 5.91 Å². The van der Waals surface area contributed by atoms with E-state index in [-0.39, 0.29) is 5.91 Å². The minimum atomic E-state index is -0.253. The first kappa shape index (κ1) is 18.9. The first-order valence-electron chi connectivity index (χ1n) is 9.93. The molecule has 0 radical (unpaired) electrons. The molecular formula is C23H25N5O. The highest BCUT2D eigenvalue weighted by molar-refractivity contribution is 6.03. The van der Waals surface area contributed by atoms with Gasteiger partial charge in [0.05, 0.1) is 0 Å². The lowest BCUT2D eigenvalue weighted by molar-refractivity contribution is 0.102. The van der Waals surface area contributed by atoms with E-state index in [4.69, 9.17) is 0 Å². The first-order valence-corrected chi connectivity index (χ1v) is 9.93. The number of carbonyl (C=O) groups excluding carboxylic acids is 1. The average molecular weight is 387 g/mol. The SMILES string of the molecule is Cc1nc(Nc2ccc(N3CCCC3)cc2)cc(C(=O)Nc2ccccc2C)n1. The molecule has 0 atom stereocenters. The van der Waals surface area contributed by atoms with Crippen LogP contribution in [0.1, 0.15) is 34.7 Å². The minimum absolute atomic E-state index is 0.253. The molecule has 0 aliphatic carbocycles. The van der Waals surface area contributed by atoms with E-state index in [1.54, 1.807) is 13.0 Å². The summed E-state index contributed by atoms with van der Waals surface area (Å²) in [7, 11) is 0. The van der Waals surface area contributed by atoms with Crippen LogP contribution in [0.5, 0.6) is 0 Å². The van der Waals surface area contributed by atoms with Crippen LogP contribution in [-0.4, -0.2) is 29.0 Å². The molecule has 0 spiro atoms. The molecule has 1 amide bonds. The van der Waals surface area contributed by atoms with Crippen molar-refractivity contribution in [1.29, 1.82) is 0 Å². The molecule has 0 bridgehead atoms. The summed E-state index contributed by atoms with van der Waals surface area (Å²) in [5.74, 6) is 0.886. The van der Waals surface area contributed by atoms with E-state index in [2.05, 4.69) is 37.6 Å². The van der Waals surface area contributed by atoms with Crippen molar-refractivity contribution in [3.63, 3.8) is 0 Å². The molecule has 6 heteroatoms. The lowest BCUT2D eigenvalue weighted by Gasteiger charge is -2.18. The maximum atomic E-state index is 12.7. The maximum absolute atomic E-state index is 12.7. The number of benzene rings is 2. The van der Waals surface area contributed by atoms with Crippen LogP contribution in [0.2, 0.25) is 0 Å². The van der Waals surface area contributed by atoms with Crippen molar-refractivity contribution >= 4 is 28.8 Å². The van der Waals surface area contributed by atoms with Gasteiger partial charge in [-0.3, -0.25) is 4.79 Å². The largest absolute Gasteiger partial charge is 0.372 e. The number of carbonyl (C=O) groups is 1. The number of nitrogens with zero attached hydrogens (tertiary/aromatic N) is 3. The zero-order valence-corrected chi connectivity index (χ0v) is 16.8. The first-order chi connectivity index (χ1) is 14.1. The van der Waals surface area contributed by atoms with Gasteiger partial charge in [-0.15, -0.1) is 0 Å². The number of hydrogen-bond donors (Lipinski definition) is 2. The smallest absolute Gasteiger partial charge is 0.274 e. The number of hydrogen-bond acceptors (Lipinski definition) is 5. The minimum Gasteiger partial charge on any atom is -0.372 e. The monoisotopic (exact) mass is 387 g/mol. The van der Waals surface area contributed by atoms with Crippen LogP contribution in [0, 0.1) is 13.8 Å². The van der Waals surface area contributed by atoms with Crippen LogP contribution in [0.25, 0.3) is 0 Å². The number of anilines is 4. The number of nitrogens with one attached hydrogen (secondary N) is 2. The van der Waals surface area contributed by atoms with Crippen LogP contribution in [0.3, 0.4) is 0 Å². The van der Waals surface area contributed by atoms with Gasteiger partial charge in [-0.05, 0) is 62.6 Å². The van der Waals surface area contributed by atoms with Gasteiger partial charge in [0.15, 0.2) is 0 Å². The molecule has 148 valence electrons. The Kier molecular flexibility index (Phi) is 5.42. The molecule has 1 saturated heterocycles. The van der Waals surface area contributed by atoms with Gasteiger partial charge in [-0.25, -0.2) is 9.97 Å². The molecule has 29 heavy (non-hydrogen) atoms. The summed E-state index contributed by atoms with van der Waals surface area (Å²) in [6.07, 6.45) is 2.52. The Labute approximate surface area is 171 Å². The van der Waals surface area contributed by atoms with Gasteiger partial charge in [0.2, 0.25) is 0 Å². The summed E-state index contributed by atoms with van der Waals surface area (Å²) in [5, 5.41) is 6.20. The van der Waals surface area contributed by atoms with Crippen LogP contribution in [-0.2, 0) is 0 Å². The van der Waals surface area contributed by atoms with Crippen molar-refractivity contribution in [3.05, 3.63) is 71.7 Å². The molecular weight excluding hydrogens is 362 g/mol. The molecule has 0 saturated carbocycles. The fraction of sp³-hybridized carbons (Fsp3) is 0.261. The van der Waals surface area contributed by atoms with E-state index in [9.17, 15) is 4.79 Å². The van der Waals surface area contributed by atoms with Gasteiger partial charge in [-0.1, -0.05) is 18.2 Å².